The van der Waals surface area contributed by atoms with Gasteiger partial charge < -0.3 is 15.3 Å². The van der Waals surface area contributed by atoms with Crippen molar-refractivity contribution in [2.24, 2.45) is 0 Å². The van der Waals surface area contributed by atoms with Crippen LogP contribution >= 0.6 is 0 Å². The zero-order chi connectivity index (χ0) is 15.1. The molecule has 0 aromatic carbocycles. The highest BCUT2D eigenvalue weighted by atomic mass is 16.4. The van der Waals surface area contributed by atoms with E-state index in [2.05, 4.69) is 10.3 Å². The van der Waals surface area contributed by atoms with E-state index in [1.807, 2.05) is 13.8 Å². The molecule has 0 saturated heterocycles. The van der Waals surface area contributed by atoms with E-state index < -0.39 is 5.97 Å². The lowest BCUT2D eigenvalue weighted by Crippen LogP contribution is -2.31. The van der Waals surface area contributed by atoms with Crippen LogP contribution < -0.4 is 5.32 Å². The number of hydrogen-bond acceptors (Lipinski definition) is 4. The van der Waals surface area contributed by atoms with Crippen LogP contribution in [0, 0.1) is 6.92 Å². The first-order valence-corrected chi connectivity index (χ1v) is 6.71. The highest BCUT2D eigenvalue weighted by Crippen LogP contribution is 2.10. The third-order valence-corrected chi connectivity index (χ3v) is 2.96. The molecule has 0 atom stereocenters. The second-order valence-corrected chi connectivity index (χ2v) is 4.43. The Morgan fingerprint density at radius 3 is 2.50 bits per heavy atom. The lowest BCUT2D eigenvalue weighted by molar-refractivity contribution is -0.130. The fraction of sp³-hybridized carbons (Fsp3) is 0.500. The van der Waals surface area contributed by atoms with Gasteiger partial charge in [0.2, 0.25) is 5.91 Å². The molecule has 1 aromatic rings. The van der Waals surface area contributed by atoms with E-state index in [1.54, 1.807) is 11.8 Å². The van der Waals surface area contributed by atoms with Gasteiger partial charge >= 0.3 is 5.97 Å². The maximum atomic E-state index is 11.8. The number of amides is 1. The summed E-state index contributed by atoms with van der Waals surface area (Å²) in [4.78, 5) is 28.7. The van der Waals surface area contributed by atoms with Gasteiger partial charge in [0.15, 0.2) is 0 Å². The molecule has 0 aliphatic heterocycles. The molecule has 0 fully saturated rings. The quantitative estimate of drug-likeness (QED) is 0.794. The standard InChI is InChI=1S/C14H21N3O3/c1-4-17(5-2)13(18)6-7-15-12-9-11(14(19)20)8-10(3)16-12/h8-9H,4-7H2,1-3H3,(H,15,16)(H,19,20). The largest absolute Gasteiger partial charge is 0.478 e. The molecule has 2 N–H and O–H groups in total. The van der Waals surface area contributed by atoms with Crippen LogP contribution in [0.3, 0.4) is 0 Å². The Morgan fingerprint density at radius 2 is 1.95 bits per heavy atom. The van der Waals surface area contributed by atoms with Gasteiger partial charge in [-0.2, -0.15) is 0 Å². The van der Waals surface area contributed by atoms with Crippen molar-refractivity contribution >= 4 is 17.7 Å². The Kier molecular flexibility index (Phi) is 5.96. The summed E-state index contributed by atoms with van der Waals surface area (Å²) in [5, 5.41) is 12.0. The SMILES string of the molecule is CCN(CC)C(=O)CCNc1cc(C(=O)O)cc(C)n1. The van der Waals surface area contributed by atoms with E-state index in [1.165, 1.54) is 12.1 Å². The first kappa shape index (κ1) is 15.9. The fourth-order valence-electron chi connectivity index (χ4n) is 1.91. The Labute approximate surface area is 118 Å². The van der Waals surface area contributed by atoms with E-state index in [4.69, 9.17) is 5.11 Å². The van der Waals surface area contributed by atoms with Crippen LogP contribution in [0.15, 0.2) is 12.1 Å². The molecule has 0 aliphatic carbocycles. The Hall–Kier alpha value is -2.11. The summed E-state index contributed by atoms with van der Waals surface area (Å²) in [6.07, 6.45) is 0.361. The number of anilines is 1. The van der Waals surface area contributed by atoms with Gasteiger partial charge in [-0.25, -0.2) is 9.78 Å². The zero-order valence-corrected chi connectivity index (χ0v) is 12.1. The van der Waals surface area contributed by atoms with E-state index in [0.717, 1.165) is 0 Å². The topological polar surface area (TPSA) is 82.5 Å². The van der Waals surface area contributed by atoms with Gasteiger partial charge in [0, 0.05) is 31.7 Å². The first-order valence-electron chi connectivity index (χ1n) is 6.71. The molecule has 6 nitrogen and oxygen atoms in total. The molecular formula is C14H21N3O3. The van der Waals surface area contributed by atoms with Crippen LogP contribution in [-0.2, 0) is 4.79 Å². The summed E-state index contributed by atoms with van der Waals surface area (Å²) < 4.78 is 0. The summed E-state index contributed by atoms with van der Waals surface area (Å²) in [6.45, 7) is 7.44. The van der Waals surface area contributed by atoms with Crippen molar-refractivity contribution in [3.63, 3.8) is 0 Å². The molecule has 20 heavy (non-hydrogen) atoms. The van der Waals surface area contributed by atoms with Crippen molar-refractivity contribution in [3.05, 3.63) is 23.4 Å². The summed E-state index contributed by atoms with van der Waals surface area (Å²) in [7, 11) is 0. The van der Waals surface area contributed by atoms with E-state index in [0.29, 0.717) is 37.6 Å². The second kappa shape index (κ2) is 7.47. The number of nitrogens with one attached hydrogen (secondary N) is 1. The van der Waals surface area contributed by atoms with E-state index in [9.17, 15) is 9.59 Å². The Bertz CT molecular complexity index is 485. The predicted molar refractivity (Wildman–Crippen MR) is 77.0 cm³/mol. The van der Waals surface area contributed by atoms with Crippen molar-refractivity contribution in [1.29, 1.82) is 0 Å². The average Bonchev–Trinajstić information content (AvgIpc) is 2.39. The molecule has 0 spiro atoms. The summed E-state index contributed by atoms with van der Waals surface area (Å²) in [5.41, 5.74) is 0.817. The van der Waals surface area contributed by atoms with Gasteiger partial charge in [-0.1, -0.05) is 0 Å². The predicted octanol–water partition coefficient (Wildman–Crippen LogP) is 1.76. The maximum absolute atomic E-state index is 11.8. The third-order valence-electron chi connectivity index (χ3n) is 2.96. The number of pyridine rings is 1. The van der Waals surface area contributed by atoms with Crippen LogP contribution in [-0.4, -0.2) is 46.5 Å². The molecular weight excluding hydrogens is 258 g/mol. The zero-order valence-electron chi connectivity index (χ0n) is 12.1. The van der Waals surface area contributed by atoms with Crippen molar-refractivity contribution < 1.29 is 14.7 Å². The van der Waals surface area contributed by atoms with Crippen LogP contribution in [0.5, 0.6) is 0 Å². The number of carboxylic acids is 1. The van der Waals surface area contributed by atoms with Crippen molar-refractivity contribution in [1.82, 2.24) is 9.88 Å². The molecule has 110 valence electrons. The molecule has 0 radical (unpaired) electrons. The molecule has 1 aromatic heterocycles. The van der Waals surface area contributed by atoms with Crippen LogP contribution in [0.2, 0.25) is 0 Å². The van der Waals surface area contributed by atoms with Crippen molar-refractivity contribution in [2.75, 3.05) is 25.0 Å². The molecule has 0 saturated carbocycles. The number of nitrogens with zero attached hydrogens (tertiary/aromatic N) is 2. The average molecular weight is 279 g/mol. The summed E-state index contributed by atoms with van der Waals surface area (Å²) in [6, 6.07) is 2.98. The molecule has 0 aliphatic rings. The van der Waals surface area contributed by atoms with E-state index in [-0.39, 0.29) is 11.5 Å². The van der Waals surface area contributed by atoms with Crippen molar-refractivity contribution in [3.8, 4) is 0 Å². The van der Waals surface area contributed by atoms with Crippen molar-refractivity contribution in [2.45, 2.75) is 27.2 Å². The van der Waals surface area contributed by atoms with Gasteiger partial charge in [-0.3, -0.25) is 4.79 Å². The molecule has 1 rings (SSSR count). The van der Waals surface area contributed by atoms with Crippen LogP contribution in [0.25, 0.3) is 0 Å². The summed E-state index contributed by atoms with van der Waals surface area (Å²) >= 11 is 0. The minimum absolute atomic E-state index is 0.0774. The number of hydrogen-bond donors (Lipinski definition) is 2. The van der Waals surface area contributed by atoms with Gasteiger partial charge in [0.05, 0.1) is 5.56 Å². The molecule has 0 bridgehead atoms. The molecule has 6 heteroatoms. The highest BCUT2D eigenvalue weighted by Gasteiger charge is 2.10. The number of aryl methyl sites for hydroxylation is 1. The van der Waals surface area contributed by atoms with Gasteiger partial charge in [0.25, 0.3) is 0 Å². The Balaban J connectivity index is 2.58. The van der Waals surface area contributed by atoms with Crippen LogP contribution in [0.4, 0.5) is 5.82 Å². The number of aromatic nitrogens is 1. The van der Waals surface area contributed by atoms with Gasteiger partial charge in [-0.05, 0) is 32.9 Å². The normalized spacial score (nSPS) is 10.2. The number of aromatic carboxylic acids is 1. The highest BCUT2D eigenvalue weighted by molar-refractivity contribution is 5.88. The number of carboxylic acid groups (broad SMARTS) is 1. The second-order valence-electron chi connectivity index (χ2n) is 4.43. The lowest BCUT2D eigenvalue weighted by Gasteiger charge is -2.18. The number of carbonyl (C=O) groups is 2. The lowest BCUT2D eigenvalue weighted by atomic mass is 10.2. The fourth-order valence-corrected chi connectivity index (χ4v) is 1.91. The van der Waals surface area contributed by atoms with Gasteiger partial charge in [-0.15, -0.1) is 0 Å². The van der Waals surface area contributed by atoms with Crippen LogP contribution in [0.1, 0.15) is 36.3 Å². The molecule has 1 amide bonds. The number of carbonyl (C=O) groups excluding carboxylic acids is 1. The third kappa shape index (κ3) is 4.53. The minimum Gasteiger partial charge on any atom is -0.478 e. The van der Waals surface area contributed by atoms with Gasteiger partial charge in [0.1, 0.15) is 5.82 Å². The smallest absolute Gasteiger partial charge is 0.335 e. The molecule has 1 heterocycles. The maximum Gasteiger partial charge on any atom is 0.335 e. The molecule has 0 unspecified atom stereocenters. The van der Waals surface area contributed by atoms with E-state index >= 15 is 0 Å². The summed E-state index contributed by atoms with van der Waals surface area (Å²) in [5.74, 6) is -0.430. The minimum atomic E-state index is -0.988. The Morgan fingerprint density at radius 1 is 1.30 bits per heavy atom. The first-order chi connectivity index (χ1) is 9.47. The number of rotatable bonds is 7. The monoisotopic (exact) mass is 279 g/mol.